The first kappa shape index (κ1) is 18.7. The number of benzene rings is 1. The molecule has 0 aliphatic heterocycles. The molecule has 0 fully saturated rings. The van der Waals surface area contributed by atoms with Crippen LogP contribution in [0.4, 0.5) is 0 Å². The Morgan fingerprint density at radius 1 is 1.28 bits per heavy atom. The van der Waals surface area contributed by atoms with Gasteiger partial charge < -0.3 is 0 Å². The van der Waals surface area contributed by atoms with Crippen LogP contribution in [0, 0.1) is 6.92 Å². The van der Waals surface area contributed by atoms with Crippen LogP contribution < -0.4 is 0 Å². The predicted molar refractivity (Wildman–Crippen MR) is 112 cm³/mol. The lowest BCUT2D eigenvalue weighted by molar-refractivity contribution is 0.555. The van der Waals surface area contributed by atoms with E-state index in [0.717, 1.165) is 27.6 Å². The first-order valence-corrected chi connectivity index (χ1v) is 11.1. The third-order valence-corrected chi connectivity index (χ3v) is 6.60. The van der Waals surface area contributed by atoms with E-state index in [1.807, 2.05) is 6.07 Å². The van der Waals surface area contributed by atoms with Crippen LogP contribution in [0.1, 0.15) is 42.8 Å². The summed E-state index contributed by atoms with van der Waals surface area (Å²) in [5.41, 5.74) is 3.91. The van der Waals surface area contributed by atoms with Gasteiger partial charge in [0.2, 0.25) is 0 Å². The van der Waals surface area contributed by atoms with E-state index in [1.165, 1.54) is 21.6 Å². The first-order valence-electron chi connectivity index (χ1n) is 8.40. The average molecular weight is 436 g/mol. The number of rotatable bonds is 6. The number of nitrogens with zero attached hydrogens (tertiary/aromatic N) is 3. The van der Waals surface area contributed by atoms with E-state index in [1.54, 1.807) is 23.1 Å². The Bertz CT molecular complexity index is 867. The Labute approximate surface area is 166 Å². The molecule has 0 saturated carbocycles. The topological polar surface area (TPSA) is 30.7 Å². The lowest BCUT2D eigenvalue weighted by Gasteiger charge is -2.14. The largest absolute Gasteiger partial charge is 0.299 e. The van der Waals surface area contributed by atoms with E-state index in [4.69, 9.17) is 0 Å². The second kappa shape index (κ2) is 8.06. The molecular weight excluding hydrogens is 414 g/mol. The highest BCUT2D eigenvalue weighted by molar-refractivity contribution is 9.10. The highest BCUT2D eigenvalue weighted by atomic mass is 79.9. The first-order chi connectivity index (χ1) is 12.0. The zero-order chi connectivity index (χ0) is 18.0. The molecule has 0 radical (unpaired) electrons. The molecule has 0 aliphatic rings. The molecule has 0 spiro atoms. The Kier molecular flexibility index (Phi) is 6.02. The van der Waals surface area contributed by atoms with E-state index in [2.05, 4.69) is 82.0 Å². The molecule has 0 atom stereocenters. The van der Waals surface area contributed by atoms with Gasteiger partial charge in [0.05, 0.1) is 0 Å². The third kappa shape index (κ3) is 4.01. The molecule has 0 unspecified atom stereocenters. The second-order valence-electron chi connectivity index (χ2n) is 6.23. The molecule has 0 amide bonds. The van der Waals surface area contributed by atoms with E-state index in [-0.39, 0.29) is 0 Å². The summed E-state index contributed by atoms with van der Waals surface area (Å²) in [6, 6.07) is 8.74. The smallest absolute Gasteiger partial charge is 0.192 e. The zero-order valence-electron chi connectivity index (χ0n) is 14.9. The van der Waals surface area contributed by atoms with Crippen molar-refractivity contribution >= 4 is 39.0 Å². The van der Waals surface area contributed by atoms with Gasteiger partial charge >= 0.3 is 0 Å². The van der Waals surface area contributed by atoms with Crippen LogP contribution >= 0.6 is 39.0 Å². The zero-order valence-corrected chi connectivity index (χ0v) is 18.1. The van der Waals surface area contributed by atoms with Crippen molar-refractivity contribution < 1.29 is 0 Å². The monoisotopic (exact) mass is 435 g/mol. The van der Waals surface area contributed by atoms with Crippen LogP contribution in [0.15, 0.2) is 39.3 Å². The van der Waals surface area contributed by atoms with Crippen LogP contribution in [-0.2, 0) is 12.2 Å². The molecule has 2 aromatic heterocycles. The summed E-state index contributed by atoms with van der Waals surface area (Å²) in [4.78, 5) is 1.37. The maximum absolute atomic E-state index is 4.55. The Balaban J connectivity index is 1.92. The molecule has 25 heavy (non-hydrogen) atoms. The summed E-state index contributed by atoms with van der Waals surface area (Å²) in [5, 5.41) is 12.3. The van der Waals surface area contributed by atoms with Crippen LogP contribution in [0.25, 0.3) is 11.4 Å². The Morgan fingerprint density at radius 2 is 2.08 bits per heavy atom. The average Bonchev–Trinajstić information content (AvgIpc) is 3.15. The number of thioether (sulfide) groups is 1. The van der Waals surface area contributed by atoms with E-state index >= 15 is 0 Å². The van der Waals surface area contributed by atoms with Crippen LogP contribution in [-0.4, -0.2) is 14.8 Å². The Morgan fingerprint density at radius 3 is 2.76 bits per heavy atom. The SMILES string of the molecule is CCc1c(-c2nnc(SCc3cccc(Br)c3)n2C(C)C)csc1C. The van der Waals surface area contributed by atoms with Crippen molar-refractivity contribution in [3.05, 3.63) is 50.1 Å². The predicted octanol–water partition coefficient (Wildman–Crippen LogP) is 6.51. The van der Waals surface area contributed by atoms with Gasteiger partial charge in [-0.05, 0) is 50.5 Å². The van der Waals surface area contributed by atoms with E-state index in [9.17, 15) is 0 Å². The number of thiophene rings is 1. The number of hydrogen-bond acceptors (Lipinski definition) is 4. The summed E-state index contributed by atoms with van der Waals surface area (Å²) in [5.74, 6) is 1.88. The number of aromatic nitrogens is 3. The number of aryl methyl sites for hydroxylation is 1. The van der Waals surface area contributed by atoms with E-state index < -0.39 is 0 Å². The van der Waals surface area contributed by atoms with Crippen molar-refractivity contribution in [1.82, 2.24) is 14.8 Å². The molecule has 3 rings (SSSR count). The van der Waals surface area contributed by atoms with Crippen molar-refractivity contribution in [1.29, 1.82) is 0 Å². The molecule has 2 heterocycles. The van der Waals surface area contributed by atoms with Crippen molar-refractivity contribution in [2.45, 2.75) is 51.1 Å². The number of halogens is 1. The minimum atomic E-state index is 0.319. The third-order valence-electron chi connectivity index (χ3n) is 4.14. The lowest BCUT2D eigenvalue weighted by Crippen LogP contribution is -2.05. The fourth-order valence-electron chi connectivity index (χ4n) is 2.91. The van der Waals surface area contributed by atoms with Crippen molar-refractivity contribution in [2.24, 2.45) is 0 Å². The molecule has 6 heteroatoms. The lowest BCUT2D eigenvalue weighted by atomic mass is 10.1. The van der Waals surface area contributed by atoms with Gasteiger partial charge in [0.25, 0.3) is 0 Å². The summed E-state index contributed by atoms with van der Waals surface area (Å²) >= 11 is 7.08. The minimum absolute atomic E-state index is 0.319. The van der Waals surface area contributed by atoms with Crippen LogP contribution in [0.5, 0.6) is 0 Å². The molecule has 0 N–H and O–H groups in total. The molecular formula is C19H22BrN3S2. The quantitative estimate of drug-likeness (QED) is 0.413. The van der Waals surface area contributed by atoms with Gasteiger partial charge in [-0.15, -0.1) is 21.5 Å². The van der Waals surface area contributed by atoms with Gasteiger partial charge in [-0.3, -0.25) is 4.57 Å². The van der Waals surface area contributed by atoms with Gasteiger partial charge in [0.15, 0.2) is 11.0 Å². The maximum Gasteiger partial charge on any atom is 0.192 e. The second-order valence-corrected chi connectivity index (χ2v) is 9.17. The molecule has 0 bridgehead atoms. The Hall–Kier alpha value is -1.11. The van der Waals surface area contributed by atoms with Crippen molar-refractivity contribution in [2.75, 3.05) is 0 Å². The maximum atomic E-state index is 4.55. The summed E-state index contributed by atoms with van der Waals surface area (Å²) in [6.45, 7) is 8.78. The van der Waals surface area contributed by atoms with Gasteiger partial charge in [0.1, 0.15) is 0 Å². The van der Waals surface area contributed by atoms with Gasteiger partial charge in [0, 0.05) is 32.1 Å². The van der Waals surface area contributed by atoms with Crippen molar-refractivity contribution in [3.8, 4) is 11.4 Å². The fraction of sp³-hybridized carbons (Fsp3) is 0.368. The molecule has 3 nitrogen and oxygen atoms in total. The molecule has 3 aromatic rings. The standard InChI is InChI=1S/C19H22BrN3S2/c1-5-16-13(4)24-11-17(16)18-21-22-19(23(18)12(2)3)25-10-14-7-6-8-15(20)9-14/h6-9,11-12H,5,10H2,1-4H3. The summed E-state index contributed by atoms with van der Waals surface area (Å²) in [7, 11) is 0. The van der Waals surface area contributed by atoms with Crippen LogP contribution in [0.3, 0.4) is 0 Å². The minimum Gasteiger partial charge on any atom is -0.299 e. The molecule has 0 aliphatic carbocycles. The fourth-order valence-corrected chi connectivity index (χ4v) is 5.30. The number of hydrogen-bond donors (Lipinski definition) is 0. The van der Waals surface area contributed by atoms with Gasteiger partial charge in [-0.25, -0.2) is 0 Å². The highest BCUT2D eigenvalue weighted by Crippen LogP contribution is 2.35. The molecule has 0 saturated heterocycles. The summed E-state index contributed by atoms with van der Waals surface area (Å²) < 4.78 is 3.38. The van der Waals surface area contributed by atoms with Crippen LogP contribution in [0.2, 0.25) is 0 Å². The van der Waals surface area contributed by atoms with Gasteiger partial charge in [-0.1, -0.05) is 46.7 Å². The summed E-state index contributed by atoms with van der Waals surface area (Å²) in [6.07, 6.45) is 1.02. The molecule has 132 valence electrons. The van der Waals surface area contributed by atoms with Crippen molar-refractivity contribution in [3.63, 3.8) is 0 Å². The van der Waals surface area contributed by atoms with Gasteiger partial charge in [-0.2, -0.15) is 0 Å². The van der Waals surface area contributed by atoms with E-state index in [0.29, 0.717) is 6.04 Å². The normalized spacial score (nSPS) is 11.4. The molecule has 1 aromatic carbocycles. The highest BCUT2D eigenvalue weighted by Gasteiger charge is 2.20.